The predicted molar refractivity (Wildman–Crippen MR) is 140 cm³/mol. The second kappa shape index (κ2) is 9.92. The number of amidine groups is 1. The molecule has 172 valence electrons. The highest BCUT2D eigenvalue weighted by molar-refractivity contribution is 8.01. The fourth-order valence-electron chi connectivity index (χ4n) is 4.40. The van der Waals surface area contributed by atoms with Crippen LogP contribution in [0.2, 0.25) is 0 Å². The summed E-state index contributed by atoms with van der Waals surface area (Å²) in [5, 5.41) is 3.74. The summed E-state index contributed by atoms with van der Waals surface area (Å²) in [5.74, 6) is 2.58. The number of fused-ring (bicyclic) bond motifs is 2. The van der Waals surface area contributed by atoms with Gasteiger partial charge in [-0.3, -0.25) is 0 Å². The maximum absolute atomic E-state index is 5.29. The van der Waals surface area contributed by atoms with E-state index in [9.17, 15) is 0 Å². The van der Waals surface area contributed by atoms with E-state index in [2.05, 4.69) is 78.7 Å². The molecule has 1 saturated heterocycles. The van der Waals surface area contributed by atoms with Gasteiger partial charge in [-0.15, -0.1) is 11.3 Å². The first-order valence-corrected chi connectivity index (χ1v) is 13.3. The Bertz CT molecular complexity index is 1140. The minimum Gasteiger partial charge on any atom is -0.497 e. The van der Waals surface area contributed by atoms with Crippen molar-refractivity contribution in [3.05, 3.63) is 70.6 Å². The molecule has 4 nitrogen and oxygen atoms in total. The van der Waals surface area contributed by atoms with Crippen molar-refractivity contribution in [1.29, 1.82) is 0 Å². The minimum absolute atomic E-state index is 0.446. The molecule has 1 N–H and O–H groups in total. The zero-order valence-corrected chi connectivity index (χ0v) is 21.1. The molecule has 3 aromatic rings. The normalized spacial score (nSPS) is 17.9. The first-order valence-electron chi connectivity index (χ1n) is 11.7. The zero-order chi connectivity index (χ0) is 22.8. The summed E-state index contributed by atoms with van der Waals surface area (Å²) in [4.78, 5) is 10.4. The SMILES string of the molecule is COc1ccc(CC[C@H]2CN(C3=Nc4ccccc4Sc4sc(C(C)C)cc43)CCN2)cc1. The van der Waals surface area contributed by atoms with Gasteiger partial charge in [0.2, 0.25) is 0 Å². The summed E-state index contributed by atoms with van der Waals surface area (Å²) in [6, 6.07) is 19.8. The van der Waals surface area contributed by atoms with Gasteiger partial charge < -0.3 is 15.0 Å². The smallest absolute Gasteiger partial charge is 0.138 e. The molecule has 0 spiro atoms. The number of rotatable bonds is 5. The van der Waals surface area contributed by atoms with Gasteiger partial charge >= 0.3 is 0 Å². The lowest BCUT2D eigenvalue weighted by Crippen LogP contribution is -2.52. The molecule has 0 aliphatic carbocycles. The third-order valence-electron chi connectivity index (χ3n) is 6.32. The fourth-order valence-corrected chi connectivity index (χ4v) is 6.84. The highest BCUT2D eigenvalue weighted by atomic mass is 32.2. The lowest BCUT2D eigenvalue weighted by molar-refractivity contribution is 0.282. The van der Waals surface area contributed by atoms with Crippen LogP contribution in [-0.4, -0.2) is 43.5 Å². The van der Waals surface area contributed by atoms with Gasteiger partial charge in [0.25, 0.3) is 0 Å². The van der Waals surface area contributed by atoms with E-state index in [-0.39, 0.29) is 0 Å². The Morgan fingerprint density at radius 2 is 1.97 bits per heavy atom. The number of hydrogen-bond acceptors (Lipinski definition) is 6. The Hall–Kier alpha value is -2.28. The van der Waals surface area contributed by atoms with Gasteiger partial charge in [-0.25, -0.2) is 4.99 Å². The van der Waals surface area contributed by atoms with Crippen molar-refractivity contribution in [3.8, 4) is 5.75 Å². The highest BCUT2D eigenvalue weighted by Crippen LogP contribution is 2.45. The number of para-hydroxylation sites is 1. The number of nitrogens with zero attached hydrogens (tertiary/aromatic N) is 2. The number of aryl methyl sites for hydroxylation is 1. The molecule has 1 fully saturated rings. The van der Waals surface area contributed by atoms with E-state index >= 15 is 0 Å². The fraction of sp³-hybridized carbons (Fsp3) is 0.370. The molecule has 3 heterocycles. The van der Waals surface area contributed by atoms with Gasteiger partial charge in [-0.05, 0) is 54.7 Å². The number of nitrogens with one attached hydrogen (secondary N) is 1. The van der Waals surface area contributed by atoms with Crippen LogP contribution >= 0.6 is 23.1 Å². The molecule has 0 radical (unpaired) electrons. The van der Waals surface area contributed by atoms with E-state index in [4.69, 9.17) is 9.73 Å². The predicted octanol–water partition coefficient (Wildman–Crippen LogP) is 6.33. The molecule has 0 unspecified atom stereocenters. The van der Waals surface area contributed by atoms with Gasteiger partial charge in [0.15, 0.2) is 0 Å². The lowest BCUT2D eigenvalue weighted by Gasteiger charge is -2.36. The molecule has 0 saturated carbocycles. The summed E-state index contributed by atoms with van der Waals surface area (Å²) < 4.78 is 6.66. The molecule has 2 aliphatic heterocycles. The average molecular weight is 478 g/mol. The molecule has 5 rings (SSSR count). The third kappa shape index (κ3) is 4.98. The number of aliphatic imine (C=N–C) groups is 1. The maximum Gasteiger partial charge on any atom is 0.138 e. The molecule has 1 atom stereocenters. The molecule has 2 aromatic carbocycles. The van der Waals surface area contributed by atoms with Crippen LogP contribution in [0.5, 0.6) is 5.75 Å². The molecule has 33 heavy (non-hydrogen) atoms. The third-order valence-corrected chi connectivity index (χ3v) is 9.02. The molecular formula is C27H31N3OS2. The second-order valence-electron chi connectivity index (χ2n) is 8.99. The van der Waals surface area contributed by atoms with Gasteiger partial charge in [-0.1, -0.05) is 49.9 Å². The first-order chi connectivity index (χ1) is 16.1. The largest absolute Gasteiger partial charge is 0.497 e. The number of benzene rings is 2. The van der Waals surface area contributed by atoms with Crippen molar-refractivity contribution >= 4 is 34.6 Å². The minimum atomic E-state index is 0.446. The Kier molecular flexibility index (Phi) is 6.76. The standard InChI is InChI=1S/C27H31N3OS2/c1-18(2)25-16-22-26(29-23-6-4-5-7-24(23)32-27(22)33-25)30-15-14-28-20(17-30)11-8-19-9-12-21(31-3)13-10-19/h4-7,9-10,12-13,16,18,20,28H,8,11,14-15,17H2,1-3H3/t20-/m0/s1. The number of methoxy groups -OCH3 is 1. The van der Waals surface area contributed by atoms with E-state index in [1.54, 1.807) is 7.11 Å². The first kappa shape index (κ1) is 22.5. The molecule has 0 amide bonds. The van der Waals surface area contributed by atoms with Crippen LogP contribution in [0.15, 0.2) is 68.7 Å². The summed E-state index contributed by atoms with van der Waals surface area (Å²) in [6.45, 7) is 7.50. The summed E-state index contributed by atoms with van der Waals surface area (Å²) in [6.07, 6.45) is 2.16. The van der Waals surface area contributed by atoms with Crippen molar-refractivity contribution in [2.45, 2.75) is 47.8 Å². The number of ether oxygens (including phenoxy) is 1. The Balaban J connectivity index is 1.38. The van der Waals surface area contributed by atoms with Crippen molar-refractivity contribution in [3.63, 3.8) is 0 Å². The Morgan fingerprint density at radius 1 is 1.15 bits per heavy atom. The van der Waals surface area contributed by atoms with E-state index in [1.807, 2.05) is 23.1 Å². The van der Waals surface area contributed by atoms with Crippen LogP contribution in [0, 0.1) is 0 Å². The maximum atomic E-state index is 5.29. The van der Waals surface area contributed by atoms with Gasteiger partial charge in [0.1, 0.15) is 11.6 Å². The van der Waals surface area contributed by atoms with E-state index in [0.717, 1.165) is 49.7 Å². The topological polar surface area (TPSA) is 36.9 Å². The van der Waals surface area contributed by atoms with Crippen molar-refractivity contribution in [2.24, 2.45) is 4.99 Å². The molecule has 1 aromatic heterocycles. The molecule has 2 aliphatic rings. The van der Waals surface area contributed by atoms with Crippen LogP contribution in [0.1, 0.15) is 42.2 Å². The van der Waals surface area contributed by atoms with Crippen LogP contribution in [0.25, 0.3) is 0 Å². The van der Waals surface area contributed by atoms with Gasteiger partial charge in [0.05, 0.1) is 17.0 Å². The monoisotopic (exact) mass is 477 g/mol. The van der Waals surface area contributed by atoms with Crippen LogP contribution < -0.4 is 10.1 Å². The molecule has 0 bridgehead atoms. The van der Waals surface area contributed by atoms with Crippen LogP contribution in [-0.2, 0) is 6.42 Å². The van der Waals surface area contributed by atoms with Gasteiger partial charge in [-0.2, -0.15) is 0 Å². The lowest BCUT2D eigenvalue weighted by atomic mass is 10.0. The quantitative estimate of drug-likeness (QED) is 0.466. The number of thiophene rings is 1. The Morgan fingerprint density at radius 3 is 2.76 bits per heavy atom. The molecule has 6 heteroatoms. The summed E-state index contributed by atoms with van der Waals surface area (Å²) in [5.41, 5.74) is 3.74. The van der Waals surface area contributed by atoms with Crippen LogP contribution in [0.4, 0.5) is 5.69 Å². The van der Waals surface area contributed by atoms with E-state index < -0.39 is 0 Å². The summed E-state index contributed by atoms with van der Waals surface area (Å²) in [7, 11) is 1.71. The second-order valence-corrected chi connectivity index (χ2v) is 11.4. The number of piperazine rings is 1. The van der Waals surface area contributed by atoms with Crippen LogP contribution in [0.3, 0.4) is 0 Å². The van der Waals surface area contributed by atoms with Crippen molar-refractivity contribution in [1.82, 2.24) is 10.2 Å². The van der Waals surface area contributed by atoms with Crippen molar-refractivity contribution in [2.75, 3.05) is 26.7 Å². The summed E-state index contributed by atoms with van der Waals surface area (Å²) >= 11 is 3.80. The average Bonchev–Trinajstić information content (AvgIpc) is 3.20. The van der Waals surface area contributed by atoms with E-state index in [1.165, 1.54) is 25.1 Å². The van der Waals surface area contributed by atoms with Crippen molar-refractivity contribution < 1.29 is 4.74 Å². The number of hydrogen-bond donors (Lipinski definition) is 1. The molecular weight excluding hydrogens is 446 g/mol. The zero-order valence-electron chi connectivity index (χ0n) is 19.5. The van der Waals surface area contributed by atoms with Gasteiger partial charge in [0, 0.05) is 41.0 Å². The van der Waals surface area contributed by atoms with E-state index in [0.29, 0.717) is 12.0 Å². The highest BCUT2D eigenvalue weighted by Gasteiger charge is 2.28. The Labute approximate surface area is 205 Å².